The highest BCUT2D eigenvalue weighted by atomic mass is 32.2. The molecule has 3 aromatic carbocycles. The van der Waals surface area contributed by atoms with Crippen LogP contribution in [0.4, 0.5) is 24.5 Å². The first kappa shape index (κ1) is 24.1. The second-order valence-electron chi connectivity index (χ2n) is 7.55. The van der Waals surface area contributed by atoms with Gasteiger partial charge < -0.3 is 14.8 Å². The van der Waals surface area contributed by atoms with E-state index in [1.807, 2.05) is 0 Å². The zero-order chi connectivity index (χ0) is 25.4. The second kappa shape index (κ2) is 8.99. The van der Waals surface area contributed by atoms with Crippen LogP contribution in [-0.4, -0.2) is 28.5 Å². The van der Waals surface area contributed by atoms with E-state index < -0.39 is 27.7 Å². The SMILES string of the molecule is COc1cc(C=C2C(=O)Nc3ccc(S(=O)(=O)Nc4ccc(C(F)(F)F)cc4)cc32)cc(OC)c1. The molecule has 7 nitrogen and oxygen atoms in total. The van der Waals surface area contributed by atoms with Crippen LogP contribution < -0.4 is 19.5 Å². The van der Waals surface area contributed by atoms with Crippen molar-refractivity contribution < 1.29 is 35.9 Å². The van der Waals surface area contributed by atoms with Gasteiger partial charge in [-0.05, 0) is 66.2 Å². The number of methoxy groups -OCH3 is 2. The smallest absolute Gasteiger partial charge is 0.416 e. The molecule has 4 rings (SSSR count). The molecule has 182 valence electrons. The summed E-state index contributed by atoms with van der Waals surface area (Å²) in [4.78, 5) is 12.4. The Balaban J connectivity index is 1.68. The van der Waals surface area contributed by atoms with Gasteiger partial charge in [-0.15, -0.1) is 0 Å². The molecule has 0 spiro atoms. The fraction of sp³-hybridized carbons (Fsp3) is 0.125. The predicted molar refractivity (Wildman–Crippen MR) is 125 cm³/mol. The minimum atomic E-state index is -4.54. The molecular weight excluding hydrogens is 485 g/mol. The zero-order valence-electron chi connectivity index (χ0n) is 18.4. The van der Waals surface area contributed by atoms with Crippen molar-refractivity contribution in [1.82, 2.24) is 0 Å². The van der Waals surface area contributed by atoms with Crippen LogP contribution in [0.15, 0.2) is 65.6 Å². The fourth-order valence-corrected chi connectivity index (χ4v) is 4.58. The number of rotatable bonds is 6. The summed E-state index contributed by atoms with van der Waals surface area (Å²) >= 11 is 0. The molecule has 35 heavy (non-hydrogen) atoms. The second-order valence-corrected chi connectivity index (χ2v) is 9.23. The van der Waals surface area contributed by atoms with Gasteiger partial charge in [0.2, 0.25) is 0 Å². The number of ether oxygens (including phenoxy) is 2. The number of carbonyl (C=O) groups excluding carboxylic acids is 1. The molecule has 1 heterocycles. The van der Waals surface area contributed by atoms with Gasteiger partial charge in [0, 0.05) is 28.6 Å². The predicted octanol–water partition coefficient (Wildman–Crippen LogP) is 5.02. The number of nitrogens with one attached hydrogen (secondary N) is 2. The van der Waals surface area contributed by atoms with Crippen molar-refractivity contribution in [1.29, 1.82) is 0 Å². The molecule has 0 atom stereocenters. The van der Waals surface area contributed by atoms with Crippen LogP contribution in [0.2, 0.25) is 0 Å². The van der Waals surface area contributed by atoms with Crippen LogP contribution in [-0.2, 0) is 21.0 Å². The van der Waals surface area contributed by atoms with Gasteiger partial charge in [0.1, 0.15) is 11.5 Å². The number of carbonyl (C=O) groups is 1. The van der Waals surface area contributed by atoms with Gasteiger partial charge in [0.15, 0.2) is 0 Å². The molecule has 0 saturated heterocycles. The van der Waals surface area contributed by atoms with Crippen molar-refractivity contribution in [2.24, 2.45) is 0 Å². The molecule has 0 unspecified atom stereocenters. The number of hydrogen-bond donors (Lipinski definition) is 2. The maximum absolute atomic E-state index is 12.9. The average Bonchev–Trinajstić information content (AvgIpc) is 3.12. The summed E-state index contributed by atoms with van der Waals surface area (Å²) in [6, 6.07) is 12.7. The topological polar surface area (TPSA) is 93.7 Å². The number of benzene rings is 3. The molecule has 1 aliphatic rings. The molecule has 0 saturated carbocycles. The summed E-state index contributed by atoms with van der Waals surface area (Å²) < 4.78 is 76.9. The van der Waals surface area contributed by atoms with Crippen molar-refractivity contribution in [3.63, 3.8) is 0 Å². The van der Waals surface area contributed by atoms with Crippen LogP contribution in [0.25, 0.3) is 11.6 Å². The van der Waals surface area contributed by atoms with Gasteiger partial charge in [0.25, 0.3) is 15.9 Å². The Morgan fingerprint density at radius 2 is 1.54 bits per heavy atom. The first-order valence-corrected chi connectivity index (χ1v) is 11.6. The number of alkyl halides is 3. The maximum Gasteiger partial charge on any atom is 0.416 e. The summed E-state index contributed by atoms with van der Waals surface area (Å²) in [6.45, 7) is 0. The van der Waals surface area contributed by atoms with E-state index in [4.69, 9.17) is 9.47 Å². The van der Waals surface area contributed by atoms with Crippen molar-refractivity contribution in [2.45, 2.75) is 11.1 Å². The number of anilines is 2. The molecule has 0 bridgehead atoms. The minimum Gasteiger partial charge on any atom is -0.497 e. The van der Waals surface area contributed by atoms with Crippen LogP contribution >= 0.6 is 0 Å². The lowest BCUT2D eigenvalue weighted by Gasteiger charge is -2.11. The highest BCUT2D eigenvalue weighted by molar-refractivity contribution is 7.92. The standard InChI is InChI=1S/C24H19F3N2O5S/c1-33-17-9-14(10-18(12-17)34-2)11-21-20-13-19(7-8-22(20)28-23(21)30)35(31,32)29-16-5-3-15(4-6-16)24(25,26)27/h3-13,29H,1-2H3,(H,28,30). The quantitative estimate of drug-likeness (QED) is 0.460. The first-order valence-electron chi connectivity index (χ1n) is 10.1. The van der Waals surface area contributed by atoms with Gasteiger partial charge in [-0.2, -0.15) is 13.2 Å². The summed E-state index contributed by atoms with van der Waals surface area (Å²) in [6.07, 6.45) is -2.96. The van der Waals surface area contributed by atoms with Gasteiger partial charge in [-0.3, -0.25) is 9.52 Å². The lowest BCUT2D eigenvalue weighted by atomic mass is 10.0. The van der Waals surface area contributed by atoms with Crippen molar-refractivity contribution in [3.05, 3.63) is 77.4 Å². The fourth-order valence-electron chi connectivity index (χ4n) is 3.50. The molecular formula is C24H19F3N2O5S. The van der Waals surface area contributed by atoms with Crippen LogP contribution in [0.5, 0.6) is 11.5 Å². The third-order valence-corrected chi connectivity index (χ3v) is 6.61. The van der Waals surface area contributed by atoms with Crippen LogP contribution in [0.1, 0.15) is 16.7 Å². The van der Waals surface area contributed by atoms with Crippen molar-refractivity contribution in [3.8, 4) is 11.5 Å². The Hall–Kier alpha value is -3.99. The van der Waals surface area contributed by atoms with Gasteiger partial charge in [0.05, 0.1) is 24.7 Å². The number of halogens is 3. The van der Waals surface area contributed by atoms with Crippen molar-refractivity contribution in [2.75, 3.05) is 24.3 Å². The van der Waals surface area contributed by atoms with E-state index in [1.165, 1.54) is 32.4 Å². The van der Waals surface area contributed by atoms with Crippen molar-refractivity contribution >= 4 is 39.0 Å². The molecule has 3 aromatic rings. The molecule has 0 radical (unpaired) electrons. The Kier molecular flexibility index (Phi) is 6.20. The van der Waals surface area contributed by atoms with Gasteiger partial charge in [-0.25, -0.2) is 8.42 Å². The van der Waals surface area contributed by atoms with Crippen LogP contribution in [0.3, 0.4) is 0 Å². The van der Waals surface area contributed by atoms with E-state index >= 15 is 0 Å². The third kappa shape index (κ3) is 5.09. The van der Waals surface area contributed by atoms with E-state index in [0.29, 0.717) is 28.3 Å². The van der Waals surface area contributed by atoms with E-state index in [2.05, 4.69) is 10.0 Å². The molecule has 0 fully saturated rings. The summed E-state index contributed by atoms with van der Waals surface area (Å²) in [5.41, 5.74) is 0.660. The van der Waals surface area contributed by atoms with E-state index in [-0.39, 0.29) is 16.2 Å². The lowest BCUT2D eigenvalue weighted by Crippen LogP contribution is -2.13. The Morgan fingerprint density at radius 1 is 0.914 bits per heavy atom. The molecule has 11 heteroatoms. The molecule has 2 N–H and O–H groups in total. The minimum absolute atomic E-state index is 0.0352. The third-order valence-electron chi connectivity index (χ3n) is 5.23. The van der Waals surface area contributed by atoms with Gasteiger partial charge in [-0.1, -0.05) is 0 Å². The molecule has 1 amide bonds. The summed E-state index contributed by atoms with van der Waals surface area (Å²) in [5, 5.41) is 2.68. The average molecular weight is 504 g/mol. The van der Waals surface area contributed by atoms with E-state index in [9.17, 15) is 26.4 Å². The number of amides is 1. The number of fused-ring (bicyclic) bond motifs is 1. The van der Waals surface area contributed by atoms with Crippen LogP contribution in [0, 0.1) is 0 Å². The summed E-state index contributed by atoms with van der Waals surface area (Å²) in [7, 11) is -1.18. The lowest BCUT2D eigenvalue weighted by molar-refractivity contribution is -0.137. The zero-order valence-corrected chi connectivity index (χ0v) is 19.3. The molecule has 0 aliphatic carbocycles. The summed E-state index contributed by atoms with van der Waals surface area (Å²) in [5.74, 6) is 0.589. The maximum atomic E-state index is 12.9. The molecule has 0 aromatic heterocycles. The molecule has 1 aliphatic heterocycles. The highest BCUT2D eigenvalue weighted by Gasteiger charge is 2.30. The van der Waals surface area contributed by atoms with E-state index in [0.717, 1.165) is 24.3 Å². The Bertz CT molecular complexity index is 1410. The number of hydrogen-bond acceptors (Lipinski definition) is 5. The van der Waals surface area contributed by atoms with Gasteiger partial charge >= 0.3 is 6.18 Å². The normalized spacial score (nSPS) is 14.4. The monoisotopic (exact) mass is 504 g/mol. The highest BCUT2D eigenvalue weighted by Crippen LogP contribution is 2.36. The van der Waals surface area contributed by atoms with E-state index in [1.54, 1.807) is 24.3 Å². The Morgan fingerprint density at radius 3 is 2.11 bits per heavy atom. The Labute approximate surface area is 199 Å². The largest absolute Gasteiger partial charge is 0.497 e. The number of sulfonamides is 1. The first-order chi connectivity index (χ1) is 16.5.